The molecule has 1 N–H and O–H groups in total. The Morgan fingerprint density at radius 3 is 2.58 bits per heavy atom. The Morgan fingerprint density at radius 2 is 1.92 bits per heavy atom. The van der Waals surface area contributed by atoms with Gasteiger partial charge in [-0.15, -0.1) is 0 Å². The summed E-state index contributed by atoms with van der Waals surface area (Å²) < 4.78 is 5.16. The highest BCUT2D eigenvalue weighted by Gasteiger charge is 2.35. The summed E-state index contributed by atoms with van der Waals surface area (Å²) in [6, 6.07) is 9.00. The lowest BCUT2D eigenvalue weighted by atomic mass is 9.90. The number of hydrogen-bond acceptors (Lipinski definition) is 4. The zero-order valence-corrected chi connectivity index (χ0v) is 14.9. The number of aromatic nitrogens is 1. The number of benzene rings is 1. The normalized spacial score (nSPS) is 19.8. The smallest absolute Gasteiger partial charge is 0.308 e. The SMILES string of the molecule is COc1ccc(-c2cncc(C(=O)N3CCC[C@H](C(=O)O)[C@@H]3C)c2)cc1. The van der Waals surface area contributed by atoms with Gasteiger partial charge in [-0.05, 0) is 43.5 Å². The first-order valence-electron chi connectivity index (χ1n) is 8.64. The quantitative estimate of drug-likeness (QED) is 0.913. The second-order valence-corrected chi connectivity index (χ2v) is 6.52. The van der Waals surface area contributed by atoms with Crippen LogP contribution in [-0.4, -0.2) is 46.6 Å². The molecule has 0 aliphatic carbocycles. The first kappa shape index (κ1) is 17.9. The Bertz CT molecular complexity index is 804. The second kappa shape index (κ2) is 7.56. The third-order valence-corrected chi connectivity index (χ3v) is 4.97. The molecule has 6 nitrogen and oxygen atoms in total. The highest BCUT2D eigenvalue weighted by Crippen LogP contribution is 2.27. The number of pyridine rings is 1. The van der Waals surface area contributed by atoms with Crippen LogP contribution in [0.4, 0.5) is 0 Å². The molecule has 0 unspecified atom stereocenters. The molecule has 1 aromatic carbocycles. The molecule has 0 bridgehead atoms. The van der Waals surface area contributed by atoms with E-state index in [0.29, 0.717) is 24.9 Å². The standard InChI is InChI=1S/C20H22N2O4/c1-13-18(20(24)25)4-3-9-22(13)19(23)16-10-15(11-21-12-16)14-5-7-17(26-2)8-6-14/h5-8,10-13,18H,3-4,9H2,1-2H3,(H,24,25)/t13-,18-/m0/s1. The maximum Gasteiger partial charge on any atom is 0.308 e. The maximum atomic E-state index is 12.9. The van der Waals surface area contributed by atoms with Crippen molar-refractivity contribution in [3.63, 3.8) is 0 Å². The number of likely N-dealkylation sites (tertiary alicyclic amines) is 1. The van der Waals surface area contributed by atoms with Crippen molar-refractivity contribution in [3.8, 4) is 16.9 Å². The highest BCUT2D eigenvalue weighted by atomic mass is 16.5. The second-order valence-electron chi connectivity index (χ2n) is 6.52. The molecule has 2 atom stereocenters. The number of hydrogen-bond donors (Lipinski definition) is 1. The molecule has 136 valence electrons. The summed E-state index contributed by atoms with van der Waals surface area (Å²) in [7, 11) is 1.61. The monoisotopic (exact) mass is 354 g/mol. The van der Waals surface area contributed by atoms with E-state index in [2.05, 4.69) is 4.98 Å². The van der Waals surface area contributed by atoms with Gasteiger partial charge in [0.1, 0.15) is 5.75 Å². The number of rotatable bonds is 4. The van der Waals surface area contributed by atoms with Crippen molar-refractivity contribution in [2.45, 2.75) is 25.8 Å². The van der Waals surface area contributed by atoms with E-state index < -0.39 is 11.9 Å². The average molecular weight is 354 g/mol. The Kier molecular flexibility index (Phi) is 5.21. The van der Waals surface area contributed by atoms with Crippen LogP contribution in [0, 0.1) is 5.92 Å². The fraction of sp³-hybridized carbons (Fsp3) is 0.350. The van der Waals surface area contributed by atoms with Gasteiger partial charge in [-0.25, -0.2) is 0 Å². The van der Waals surface area contributed by atoms with E-state index in [9.17, 15) is 14.7 Å². The molecule has 1 aromatic heterocycles. The number of nitrogens with zero attached hydrogens (tertiary/aromatic N) is 2. The molecule has 0 saturated carbocycles. The van der Waals surface area contributed by atoms with Gasteiger partial charge in [-0.1, -0.05) is 12.1 Å². The molecular formula is C20H22N2O4. The van der Waals surface area contributed by atoms with Gasteiger partial charge in [-0.3, -0.25) is 14.6 Å². The molecular weight excluding hydrogens is 332 g/mol. The van der Waals surface area contributed by atoms with Crippen molar-refractivity contribution in [3.05, 3.63) is 48.3 Å². The lowest BCUT2D eigenvalue weighted by Crippen LogP contribution is -2.49. The molecule has 1 aliphatic heterocycles. The molecule has 0 spiro atoms. The van der Waals surface area contributed by atoms with E-state index in [-0.39, 0.29) is 11.9 Å². The molecule has 1 fully saturated rings. The summed E-state index contributed by atoms with van der Waals surface area (Å²) in [5, 5.41) is 9.35. The maximum absolute atomic E-state index is 12.9. The van der Waals surface area contributed by atoms with Crippen LogP contribution >= 0.6 is 0 Å². The van der Waals surface area contributed by atoms with Crippen molar-refractivity contribution in [1.82, 2.24) is 9.88 Å². The third-order valence-electron chi connectivity index (χ3n) is 4.97. The minimum absolute atomic E-state index is 0.175. The summed E-state index contributed by atoms with van der Waals surface area (Å²) in [5.41, 5.74) is 2.23. The highest BCUT2D eigenvalue weighted by molar-refractivity contribution is 5.95. The average Bonchev–Trinajstić information content (AvgIpc) is 2.67. The molecule has 6 heteroatoms. The number of methoxy groups -OCH3 is 1. The lowest BCUT2D eigenvalue weighted by molar-refractivity contribution is -0.144. The van der Waals surface area contributed by atoms with E-state index in [1.807, 2.05) is 24.3 Å². The molecule has 3 rings (SSSR count). The van der Waals surface area contributed by atoms with Crippen molar-refractivity contribution in [1.29, 1.82) is 0 Å². The number of ether oxygens (including phenoxy) is 1. The Morgan fingerprint density at radius 1 is 1.19 bits per heavy atom. The van der Waals surface area contributed by atoms with Crippen LogP contribution in [0.25, 0.3) is 11.1 Å². The Labute approximate surface area is 152 Å². The van der Waals surface area contributed by atoms with Crippen LogP contribution in [0.3, 0.4) is 0 Å². The van der Waals surface area contributed by atoms with Gasteiger partial charge in [0.15, 0.2) is 0 Å². The number of carboxylic acids is 1. The predicted molar refractivity (Wildman–Crippen MR) is 97.1 cm³/mol. The van der Waals surface area contributed by atoms with Crippen LogP contribution in [0.2, 0.25) is 0 Å². The van der Waals surface area contributed by atoms with E-state index in [0.717, 1.165) is 16.9 Å². The van der Waals surface area contributed by atoms with Crippen LogP contribution in [0.1, 0.15) is 30.1 Å². The number of carbonyl (C=O) groups is 2. The lowest BCUT2D eigenvalue weighted by Gasteiger charge is -2.37. The number of aliphatic carboxylic acids is 1. The predicted octanol–water partition coefficient (Wildman–Crippen LogP) is 3.08. The summed E-state index contributed by atoms with van der Waals surface area (Å²) in [4.78, 5) is 30.2. The summed E-state index contributed by atoms with van der Waals surface area (Å²) in [6.45, 7) is 2.37. The molecule has 1 aliphatic rings. The fourth-order valence-corrected chi connectivity index (χ4v) is 3.42. The van der Waals surface area contributed by atoms with E-state index >= 15 is 0 Å². The van der Waals surface area contributed by atoms with Crippen LogP contribution < -0.4 is 4.74 Å². The van der Waals surface area contributed by atoms with Crippen molar-refractivity contribution >= 4 is 11.9 Å². The van der Waals surface area contributed by atoms with Gasteiger partial charge in [0.05, 0.1) is 18.6 Å². The topological polar surface area (TPSA) is 79.7 Å². The largest absolute Gasteiger partial charge is 0.497 e. The third kappa shape index (κ3) is 3.54. The molecule has 1 saturated heterocycles. The van der Waals surface area contributed by atoms with Gasteiger partial charge in [0.2, 0.25) is 0 Å². The van der Waals surface area contributed by atoms with Crippen LogP contribution in [-0.2, 0) is 4.79 Å². The zero-order chi connectivity index (χ0) is 18.7. The fourth-order valence-electron chi connectivity index (χ4n) is 3.42. The van der Waals surface area contributed by atoms with Gasteiger partial charge >= 0.3 is 5.97 Å². The van der Waals surface area contributed by atoms with Crippen LogP contribution in [0.5, 0.6) is 5.75 Å². The first-order valence-corrected chi connectivity index (χ1v) is 8.64. The van der Waals surface area contributed by atoms with E-state index in [1.54, 1.807) is 31.2 Å². The Balaban J connectivity index is 1.84. The molecule has 1 amide bonds. The van der Waals surface area contributed by atoms with Crippen LogP contribution in [0.15, 0.2) is 42.7 Å². The first-order chi connectivity index (χ1) is 12.5. The minimum Gasteiger partial charge on any atom is -0.497 e. The molecule has 2 aromatic rings. The number of carbonyl (C=O) groups excluding carboxylic acids is 1. The van der Waals surface area contributed by atoms with E-state index in [4.69, 9.17) is 4.74 Å². The van der Waals surface area contributed by atoms with Crippen molar-refractivity contribution in [2.24, 2.45) is 5.92 Å². The van der Waals surface area contributed by atoms with Gasteiger partial charge in [0, 0.05) is 30.5 Å². The molecule has 0 radical (unpaired) electrons. The van der Waals surface area contributed by atoms with Crippen molar-refractivity contribution < 1.29 is 19.4 Å². The van der Waals surface area contributed by atoms with Crippen molar-refractivity contribution in [2.75, 3.05) is 13.7 Å². The number of carboxylic acid groups (broad SMARTS) is 1. The summed E-state index contributed by atoms with van der Waals surface area (Å²) in [6.07, 6.45) is 4.54. The minimum atomic E-state index is -0.847. The number of amides is 1. The van der Waals surface area contributed by atoms with Gasteiger partial charge in [0.25, 0.3) is 5.91 Å². The molecule has 2 heterocycles. The number of piperidine rings is 1. The molecule has 26 heavy (non-hydrogen) atoms. The van der Waals surface area contributed by atoms with Gasteiger partial charge < -0.3 is 14.7 Å². The van der Waals surface area contributed by atoms with Gasteiger partial charge in [-0.2, -0.15) is 0 Å². The summed E-state index contributed by atoms with van der Waals surface area (Å²) in [5.74, 6) is -0.785. The Hall–Kier alpha value is -2.89. The van der Waals surface area contributed by atoms with E-state index in [1.165, 1.54) is 6.20 Å². The summed E-state index contributed by atoms with van der Waals surface area (Å²) >= 11 is 0. The zero-order valence-electron chi connectivity index (χ0n) is 14.9.